The van der Waals surface area contributed by atoms with Gasteiger partial charge in [-0.15, -0.1) is 0 Å². The number of fused-ring (bicyclic) bond motifs is 1. The van der Waals surface area contributed by atoms with Crippen LogP contribution in [0.15, 0.2) is 18.2 Å². The van der Waals surface area contributed by atoms with Crippen LogP contribution in [0.25, 0.3) is 0 Å². The van der Waals surface area contributed by atoms with Crippen LogP contribution in [0.3, 0.4) is 0 Å². The minimum Gasteiger partial charge on any atom is -0.508 e. The fourth-order valence-electron chi connectivity index (χ4n) is 3.45. The first-order valence-electron chi connectivity index (χ1n) is 7.66. The maximum Gasteiger partial charge on any atom is 0.305 e. The van der Waals surface area contributed by atoms with E-state index < -0.39 is 5.97 Å². The molecule has 2 rings (SSSR count). The summed E-state index contributed by atoms with van der Waals surface area (Å²) in [5.41, 5.74) is 2.45. The molecule has 0 bridgehead atoms. The summed E-state index contributed by atoms with van der Waals surface area (Å²) in [6.45, 7) is 4.59. The van der Waals surface area contributed by atoms with Gasteiger partial charge in [-0.2, -0.15) is 0 Å². The van der Waals surface area contributed by atoms with E-state index in [1.165, 1.54) is 11.1 Å². The smallest absolute Gasteiger partial charge is 0.305 e. The predicted octanol–water partition coefficient (Wildman–Crippen LogP) is 3.26. The normalized spacial score (nSPS) is 20.0. The van der Waals surface area contributed by atoms with Gasteiger partial charge >= 0.3 is 5.97 Å². The molecule has 116 valence electrons. The van der Waals surface area contributed by atoms with Gasteiger partial charge in [0.25, 0.3) is 0 Å². The van der Waals surface area contributed by atoms with Gasteiger partial charge in [0.1, 0.15) is 5.75 Å². The number of phenols is 1. The van der Waals surface area contributed by atoms with Crippen LogP contribution in [0.1, 0.15) is 50.7 Å². The average Bonchev–Trinajstić information content (AvgIpc) is 2.46. The van der Waals surface area contributed by atoms with E-state index in [0.717, 1.165) is 25.7 Å². The van der Waals surface area contributed by atoms with Crippen molar-refractivity contribution in [2.75, 3.05) is 6.61 Å². The standard InChI is InChI=1S/C17H24O4/c1-3-17(4-2)11-14(21-8-7-16(19)20)9-12-5-6-13(18)10-15(12)17/h5-6,10,14,18H,3-4,7-9,11H2,1-2H3,(H,19,20). The van der Waals surface area contributed by atoms with Gasteiger partial charge in [0, 0.05) is 0 Å². The molecule has 1 unspecified atom stereocenters. The van der Waals surface area contributed by atoms with E-state index in [1.807, 2.05) is 12.1 Å². The van der Waals surface area contributed by atoms with Crippen LogP contribution < -0.4 is 0 Å². The summed E-state index contributed by atoms with van der Waals surface area (Å²) < 4.78 is 5.80. The van der Waals surface area contributed by atoms with Crippen molar-refractivity contribution in [3.63, 3.8) is 0 Å². The number of hydrogen-bond acceptors (Lipinski definition) is 3. The largest absolute Gasteiger partial charge is 0.508 e. The van der Waals surface area contributed by atoms with Gasteiger partial charge in [-0.3, -0.25) is 4.79 Å². The van der Waals surface area contributed by atoms with Crippen molar-refractivity contribution in [3.8, 4) is 5.75 Å². The molecule has 0 spiro atoms. The zero-order valence-corrected chi connectivity index (χ0v) is 12.8. The number of hydrogen-bond donors (Lipinski definition) is 2. The molecule has 1 aromatic carbocycles. The van der Waals surface area contributed by atoms with Crippen LogP contribution in [0.4, 0.5) is 0 Å². The Labute approximate surface area is 125 Å². The molecule has 4 nitrogen and oxygen atoms in total. The van der Waals surface area contributed by atoms with E-state index >= 15 is 0 Å². The molecule has 0 amide bonds. The number of aromatic hydroxyl groups is 1. The molecule has 0 fully saturated rings. The number of phenolic OH excluding ortho intramolecular Hbond substituents is 1. The quantitative estimate of drug-likeness (QED) is 0.844. The molecule has 1 aromatic rings. The van der Waals surface area contributed by atoms with Gasteiger partial charge in [0.05, 0.1) is 19.1 Å². The van der Waals surface area contributed by atoms with Crippen molar-refractivity contribution in [1.82, 2.24) is 0 Å². The number of carboxylic acids is 1. The number of ether oxygens (including phenoxy) is 1. The molecule has 0 saturated heterocycles. The second-order valence-corrected chi connectivity index (χ2v) is 5.87. The van der Waals surface area contributed by atoms with Crippen LogP contribution in [0, 0.1) is 0 Å². The van der Waals surface area contributed by atoms with Crippen LogP contribution in [0.2, 0.25) is 0 Å². The monoisotopic (exact) mass is 292 g/mol. The third-order valence-electron chi connectivity index (χ3n) is 4.75. The summed E-state index contributed by atoms with van der Waals surface area (Å²) in [5.74, 6) is -0.515. The highest BCUT2D eigenvalue weighted by Gasteiger charge is 2.38. The lowest BCUT2D eigenvalue weighted by atomic mass is 9.66. The molecule has 1 atom stereocenters. The molecule has 4 heteroatoms. The zero-order valence-electron chi connectivity index (χ0n) is 12.8. The van der Waals surface area contributed by atoms with Gasteiger partial charge in [-0.1, -0.05) is 19.9 Å². The Kier molecular flexibility index (Phi) is 4.88. The minimum atomic E-state index is -0.826. The summed E-state index contributed by atoms with van der Waals surface area (Å²) in [4.78, 5) is 10.6. The van der Waals surface area contributed by atoms with Crippen molar-refractivity contribution in [2.24, 2.45) is 0 Å². The fourth-order valence-corrected chi connectivity index (χ4v) is 3.45. The fraction of sp³-hybridized carbons (Fsp3) is 0.588. The molecule has 0 aromatic heterocycles. The van der Waals surface area contributed by atoms with E-state index in [0.29, 0.717) is 5.75 Å². The Morgan fingerprint density at radius 2 is 2.10 bits per heavy atom. The first-order valence-corrected chi connectivity index (χ1v) is 7.66. The molecule has 1 aliphatic rings. The second-order valence-electron chi connectivity index (χ2n) is 5.87. The second kappa shape index (κ2) is 6.48. The van der Waals surface area contributed by atoms with Crippen LogP contribution in [0.5, 0.6) is 5.75 Å². The molecule has 0 saturated carbocycles. The Morgan fingerprint density at radius 1 is 1.38 bits per heavy atom. The lowest BCUT2D eigenvalue weighted by Crippen LogP contribution is -2.38. The lowest BCUT2D eigenvalue weighted by molar-refractivity contribution is -0.138. The topological polar surface area (TPSA) is 66.8 Å². The van der Waals surface area contributed by atoms with Crippen molar-refractivity contribution < 1.29 is 19.7 Å². The van der Waals surface area contributed by atoms with E-state index in [9.17, 15) is 9.90 Å². The molecule has 0 heterocycles. The third-order valence-corrected chi connectivity index (χ3v) is 4.75. The number of carboxylic acid groups (broad SMARTS) is 1. The summed E-state index contributed by atoms with van der Waals surface area (Å²) in [7, 11) is 0. The number of benzene rings is 1. The van der Waals surface area contributed by atoms with Crippen LogP contribution in [-0.4, -0.2) is 28.9 Å². The third kappa shape index (κ3) is 3.38. The zero-order chi connectivity index (χ0) is 15.5. The first-order chi connectivity index (χ1) is 10.0. The lowest BCUT2D eigenvalue weighted by Gasteiger charge is -2.41. The summed E-state index contributed by atoms with van der Waals surface area (Å²) >= 11 is 0. The Bertz CT molecular complexity index is 506. The van der Waals surface area contributed by atoms with Gasteiger partial charge in [0.2, 0.25) is 0 Å². The van der Waals surface area contributed by atoms with Gasteiger partial charge in [-0.05, 0) is 54.4 Å². The summed E-state index contributed by atoms with van der Waals surface area (Å²) in [5, 5.41) is 18.5. The number of rotatable bonds is 6. The van der Waals surface area contributed by atoms with Crippen molar-refractivity contribution in [1.29, 1.82) is 0 Å². The van der Waals surface area contributed by atoms with Gasteiger partial charge in [0.15, 0.2) is 0 Å². The predicted molar refractivity (Wildman–Crippen MR) is 80.7 cm³/mol. The highest BCUT2D eigenvalue weighted by atomic mass is 16.5. The molecule has 0 aliphatic heterocycles. The van der Waals surface area contributed by atoms with E-state index in [4.69, 9.17) is 9.84 Å². The number of aliphatic carboxylic acids is 1. The van der Waals surface area contributed by atoms with E-state index in [-0.39, 0.29) is 24.5 Å². The van der Waals surface area contributed by atoms with E-state index in [2.05, 4.69) is 13.8 Å². The number of carbonyl (C=O) groups is 1. The maximum atomic E-state index is 10.6. The van der Waals surface area contributed by atoms with Gasteiger partial charge in [-0.25, -0.2) is 0 Å². The summed E-state index contributed by atoms with van der Waals surface area (Å²) in [6, 6.07) is 5.57. The highest BCUT2D eigenvalue weighted by Crippen LogP contribution is 2.44. The molecule has 21 heavy (non-hydrogen) atoms. The molecular weight excluding hydrogens is 268 g/mol. The van der Waals surface area contributed by atoms with Gasteiger partial charge < -0.3 is 14.9 Å². The van der Waals surface area contributed by atoms with Crippen molar-refractivity contribution >= 4 is 5.97 Å². The first kappa shape index (κ1) is 15.8. The van der Waals surface area contributed by atoms with Crippen LogP contribution in [-0.2, 0) is 21.4 Å². The highest BCUT2D eigenvalue weighted by molar-refractivity contribution is 5.66. The summed E-state index contributed by atoms with van der Waals surface area (Å²) in [6.07, 6.45) is 3.75. The Hall–Kier alpha value is -1.55. The molecule has 2 N–H and O–H groups in total. The molecular formula is C17H24O4. The van der Waals surface area contributed by atoms with E-state index in [1.54, 1.807) is 6.07 Å². The molecule has 1 aliphatic carbocycles. The van der Waals surface area contributed by atoms with Crippen molar-refractivity contribution in [3.05, 3.63) is 29.3 Å². The van der Waals surface area contributed by atoms with Crippen molar-refractivity contribution in [2.45, 2.75) is 57.5 Å². The minimum absolute atomic E-state index is 0.0141. The average molecular weight is 292 g/mol. The Morgan fingerprint density at radius 3 is 2.71 bits per heavy atom. The maximum absolute atomic E-state index is 10.6. The van der Waals surface area contributed by atoms with Crippen LogP contribution >= 0.6 is 0 Å². The Balaban J connectivity index is 2.21. The SMILES string of the molecule is CCC1(CC)CC(OCCC(=O)O)Cc2ccc(O)cc21. The molecule has 0 radical (unpaired) electrons.